The van der Waals surface area contributed by atoms with Crippen molar-refractivity contribution in [3.8, 4) is 5.75 Å². The zero-order valence-corrected chi connectivity index (χ0v) is 23.5. The Morgan fingerprint density at radius 1 is 1.00 bits per heavy atom. The lowest BCUT2D eigenvalue weighted by molar-refractivity contribution is -0.137. The van der Waals surface area contributed by atoms with E-state index in [4.69, 9.17) is 9.84 Å². The van der Waals surface area contributed by atoms with Crippen molar-refractivity contribution in [3.63, 3.8) is 0 Å². The van der Waals surface area contributed by atoms with Gasteiger partial charge in [-0.1, -0.05) is 57.5 Å². The first-order chi connectivity index (χ1) is 19.3. The Kier molecular flexibility index (Phi) is 9.75. The maximum absolute atomic E-state index is 14.8. The molecule has 0 radical (unpaired) electrons. The van der Waals surface area contributed by atoms with Crippen LogP contribution in [0.2, 0.25) is 0 Å². The number of para-hydroxylation sites is 1. The van der Waals surface area contributed by atoms with Crippen molar-refractivity contribution in [1.29, 1.82) is 0 Å². The molecule has 1 unspecified atom stereocenters. The molecule has 0 aliphatic heterocycles. The summed E-state index contributed by atoms with van der Waals surface area (Å²) < 4.78 is 23.1. The number of carboxylic acids is 1. The number of hydrogen-bond donors (Lipinski definition) is 1. The van der Waals surface area contributed by atoms with Gasteiger partial charge in [0.1, 0.15) is 17.7 Å². The van der Waals surface area contributed by atoms with Gasteiger partial charge in [-0.15, -0.1) is 0 Å². The number of aromatic nitrogens is 1. The second-order valence-electron chi connectivity index (χ2n) is 10.8. The molecule has 1 N–H and O–H groups in total. The van der Waals surface area contributed by atoms with Crippen LogP contribution in [0.4, 0.5) is 4.39 Å². The highest BCUT2D eigenvalue weighted by Gasteiger charge is 2.19. The largest absolute Gasteiger partial charge is 0.486 e. The quantitative estimate of drug-likeness (QED) is 0.162. The highest BCUT2D eigenvalue weighted by atomic mass is 19.1. The molecule has 5 nitrogen and oxygen atoms in total. The number of fused-ring (bicyclic) bond motifs is 1. The van der Waals surface area contributed by atoms with Crippen molar-refractivity contribution in [2.75, 3.05) is 0 Å². The van der Waals surface area contributed by atoms with Crippen molar-refractivity contribution >= 4 is 22.7 Å². The molecule has 0 saturated carbocycles. The van der Waals surface area contributed by atoms with Crippen LogP contribution < -0.4 is 4.74 Å². The minimum atomic E-state index is -0.833. The number of carboxylic acid groups (broad SMARTS) is 1. The molecule has 0 bridgehead atoms. The van der Waals surface area contributed by atoms with Crippen LogP contribution >= 0.6 is 0 Å². The van der Waals surface area contributed by atoms with E-state index in [1.54, 1.807) is 30.3 Å². The minimum absolute atomic E-state index is 0.0746. The molecule has 4 rings (SSSR count). The predicted molar refractivity (Wildman–Crippen MR) is 157 cm³/mol. The number of unbranched alkanes of at least 4 members (excludes halogenated alkanes) is 1. The molecule has 6 heteroatoms. The summed E-state index contributed by atoms with van der Waals surface area (Å²) in [6, 6.07) is 20.2. The van der Waals surface area contributed by atoms with Gasteiger partial charge >= 0.3 is 5.97 Å². The average molecular weight is 544 g/mol. The number of aliphatic carboxylic acids is 1. The Morgan fingerprint density at radius 2 is 1.75 bits per heavy atom. The van der Waals surface area contributed by atoms with Gasteiger partial charge in [0.2, 0.25) is 0 Å². The average Bonchev–Trinajstić information content (AvgIpc) is 3.30. The van der Waals surface area contributed by atoms with Crippen LogP contribution in [0.1, 0.15) is 86.0 Å². The summed E-state index contributed by atoms with van der Waals surface area (Å²) in [5, 5.41) is 9.83. The minimum Gasteiger partial charge on any atom is -0.486 e. The molecule has 0 amide bonds. The van der Waals surface area contributed by atoms with Crippen LogP contribution in [0.5, 0.6) is 5.75 Å². The van der Waals surface area contributed by atoms with Crippen molar-refractivity contribution < 1.29 is 23.8 Å². The zero-order chi connectivity index (χ0) is 28.6. The fraction of sp³-hybridized carbons (Fsp3) is 0.353. The van der Waals surface area contributed by atoms with Gasteiger partial charge < -0.3 is 14.4 Å². The zero-order valence-electron chi connectivity index (χ0n) is 23.5. The lowest BCUT2D eigenvalue weighted by Crippen LogP contribution is -2.09. The van der Waals surface area contributed by atoms with Crippen molar-refractivity contribution in [1.82, 2.24) is 4.57 Å². The first-order valence-electron chi connectivity index (χ1n) is 14.2. The van der Waals surface area contributed by atoms with Gasteiger partial charge in [0.15, 0.2) is 5.78 Å². The molecule has 0 fully saturated rings. The number of aryl methyl sites for hydroxylation is 1. The monoisotopic (exact) mass is 543 g/mol. The number of carbonyl (C=O) groups excluding carboxylic acids is 1. The van der Waals surface area contributed by atoms with E-state index in [-0.39, 0.29) is 24.1 Å². The summed E-state index contributed by atoms with van der Waals surface area (Å²) >= 11 is 0. The van der Waals surface area contributed by atoms with Crippen LogP contribution in [0.25, 0.3) is 10.9 Å². The van der Waals surface area contributed by atoms with Crippen LogP contribution in [-0.2, 0) is 17.8 Å². The highest BCUT2D eigenvalue weighted by Crippen LogP contribution is 2.30. The van der Waals surface area contributed by atoms with Gasteiger partial charge in [-0.2, -0.15) is 0 Å². The van der Waals surface area contributed by atoms with Crippen LogP contribution in [0.15, 0.2) is 72.9 Å². The maximum atomic E-state index is 14.8. The summed E-state index contributed by atoms with van der Waals surface area (Å²) in [4.78, 5) is 24.5. The van der Waals surface area contributed by atoms with Gasteiger partial charge in [0, 0.05) is 41.2 Å². The van der Waals surface area contributed by atoms with Crippen LogP contribution in [0, 0.1) is 11.7 Å². The van der Waals surface area contributed by atoms with Crippen molar-refractivity contribution in [3.05, 3.63) is 101 Å². The van der Waals surface area contributed by atoms with E-state index < -0.39 is 5.97 Å². The molecule has 1 aromatic heterocycles. The molecule has 1 heterocycles. The Bertz CT molecular complexity index is 1450. The normalized spacial score (nSPS) is 12.1. The topological polar surface area (TPSA) is 68.5 Å². The van der Waals surface area contributed by atoms with Gasteiger partial charge in [-0.3, -0.25) is 9.59 Å². The third-order valence-corrected chi connectivity index (χ3v) is 7.11. The number of carbonyl (C=O) groups is 2. The lowest BCUT2D eigenvalue weighted by Gasteiger charge is -2.20. The van der Waals surface area contributed by atoms with E-state index >= 15 is 0 Å². The van der Waals surface area contributed by atoms with E-state index in [2.05, 4.69) is 20.8 Å². The fourth-order valence-electron chi connectivity index (χ4n) is 5.07. The summed E-state index contributed by atoms with van der Waals surface area (Å²) in [5.41, 5.74) is 3.56. The molecule has 0 aliphatic carbocycles. The first-order valence-corrected chi connectivity index (χ1v) is 14.2. The van der Waals surface area contributed by atoms with E-state index in [9.17, 15) is 14.0 Å². The number of nitrogens with zero attached hydrogens (tertiary/aromatic N) is 1. The standard InChI is InChI=1S/C34H38FNO4/c1-4-5-11-32(26-14-13-25(20-23(2)3)30(35)21-26)40-27-17-15-24(16-18-27)34(39)29-22-36(19-8-12-33(37)38)31-10-7-6-9-28(29)31/h6-7,9-10,13-18,21-23,32H,4-5,8,11-12,19-20H2,1-3H3,(H,37,38). The number of benzene rings is 3. The Hall–Kier alpha value is -3.93. The summed E-state index contributed by atoms with van der Waals surface area (Å²) in [7, 11) is 0. The van der Waals surface area contributed by atoms with Gasteiger partial charge in [0.25, 0.3) is 0 Å². The third-order valence-electron chi connectivity index (χ3n) is 7.11. The number of ketones is 1. The maximum Gasteiger partial charge on any atom is 0.303 e. The molecule has 0 aliphatic rings. The summed E-state index contributed by atoms with van der Waals surface area (Å²) in [6.45, 7) is 6.79. The number of halogens is 1. The van der Waals surface area contributed by atoms with E-state index in [1.165, 1.54) is 0 Å². The molecular formula is C34H38FNO4. The molecule has 40 heavy (non-hydrogen) atoms. The Morgan fingerprint density at radius 3 is 2.42 bits per heavy atom. The Labute approximate surface area is 235 Å². The fourth-order valence-corrected chi connectivity index (χ4v) is 5.07. The van der Waals surface area contributed by atoms with Gasteiger partial charge in [0.05, 0.1) is 0 Å². The molecular weight excluding hydrogens is 505 g/mol. The van der Waals surface area contributed by atoms with Crippen molar-refractivity contribution in [2.24, 2.45) is 5.92 Å². The highest BCUT2D eigenvalue weighted by molar-refractivity contribution is 6.16. The summed E-state index contributed by atoms with van der Waals surface area (Å²) in [6.07, 6.45) is 5.51. The molecule has 0 saturated heterocycles. The lowest BCUT2D eigenvalue weighted by atomic mass is 9.97. The Balaban J connectivity index is 1.53. The molecule has 210 valence electrons. The van der Waals surface area contributed by atoms with Gasteiger partial charge in [-0.05, 0) is 79.1 Å². The molecule has 0 spiro atoms. The van der Waals surface area contributed by atoms with E-state index in [0.29, 0.717) is 42.2 Å². The molecule has 3 aromatic carbocycles. The predicted octanol–water partition coefficient (Wildman–Crippen LogP) is 8.39. The van der Waals surface area contributed by atoms with Crippen LogP contribution in [0.3, 0.4) is 0 Å². The van der Waals surface area contributed by atoms with E-state index in [1.807, 2.05) is 47.2 Å². The van der Waals surface area contributed by atoms with Crippen LogP contribution in [-0.4, -0.2) is 21.4 Å². The number of hydrogen-bond acceptors (Lipinski definition) is 3. The number of rotatable bonds is 14. The summed E-state index contributed by atoms with van der Waals surface area (Å²) in [5.74, 6) is -0.132. The second kappa shape index (κ2) is 13.4. The van der Waals surface area contributed by atoms with Crippen molar-refractivity contribution in [2.45, 2.75) is 71.9 Å². The van der Waals surface area contributed by atoms with E-state index in [0.717, 1.165) is 41.3 Å². The third kappa shape index (κ3) is 7.17. The van der Waals surface area contributed by atoms with Gasteiger partial charge in [-0.25, -0.2) is 4.39 Å². The number of ether oxygens (including phenoxy) is 1. The molecule has 1 atom stereocenters. The molecule has 4 aromatic rings. The SMILES string of the molecule is CCCCC(Oc1ccc(C(=O)c2cn(CCCC(=O)O)c3ccccc23)cc1)c1ccc(CC(C)C)c(F)c1. The first kappa shape index (κ1) is 29.1. The smallest absolute Gasteiger partial charge is 0.303 e. The second-order valence-corrected chi connectivity index (χ2v) is 10.8.